The maximum absolute atomic E-state index is 14.7. The topological polar surface area (TPSA) is 44.2 Å². The van der Waals surface area contributed by atoms with Crippen molar-refractivity contribution in [3.8, 4) is 22.6 Å². The first-order valence-corrected chi connectivity index (χ1v) is 10.8. The summed E-state index contributed by atoms with van der Waals surface area (Å²) < 4.78 is 132. The van der Waals surface area contributed by atoms with Gasteiger partial charge in [0, 0.05) is 28.9 Å². The lowest BCUT2D eigenvalue weighted by Gasteiger charge is -2.17. The monoisotopic (exact) mass is 546 g/mol. The fourth-order valence-electron chi connectivity index (χ4n) is 3.65. The summed E-state index contributed by atoms with van der Waals surface area (Å²) in [5, 5.41) is -0.954. The first-order valence-electron chi connectivity index (χ1n) is 10.8. The van der Waals surface area contributed by atoms with Crippen LogP contribution < -0.4 is 9.47 Å². The van der Waals surface area contributed by atoms with Crippen molar-refractivity contribution in [1.29, 1.82) is 0 Å². The van der Waals surface area contributed by atoms with Gasteiger partial charge in [-0.05, 0) is 41.6 Å². The van der Waals surface area contributed by atoms with E-state index in [1.807, 2.05) is 0 Å². The first kappa shape index (κ1) is 27.0. The number of halogens is 9. The molecule has 0 N–H and O–H groups in total. The summed E-state index contributed by atoms with van der Waals surface area (Å²) in [6, 6.07) is 5.45. The summed E-state index contributed by atoms with van der Waals surface area (Å²) in [6.45, 7) is 1.79. The van der Waals surface area contributed by atoms with Gasteiger partial charge in [0.05, 0.1) is 0 Å². The number of aromatic nitrogens is 2. The predicted octanol–water partition coefficient (Wildman–Crippen LogP) is 7.83. The van der Waals surface area contributed by atoms with Gasteiger partial charge in [-0.1, -0.05) is 25.5 Å². The Labute approximate surface area is 208 Å². The summed E-state index contributed by atoms with van der Waals surface area (Å²) in [6.07, 6.45) is -7.00. The fraction of sp³-hybridized carbons (Fsp3) is 0.200. The van der Waals surface area contributed by atoms with Crippen molar-refractivity contribution in [2.75, 3.05) is 0 Å². The molecular weight excluding hydrogens is 531 g/mol. The van der Waals surface area contributed by atoms with Crippen molar-refractivity contribution >= 4 is 10.8 Å². The van der Waals surface area contributed by atoms with Gasteiger partial charge in [0.15, 0.2) is 23.3 Å². The second-order valence-corrected chi connectivity index (χ2v) is 8.00. The molecule has 0 saturated carbocycles. The minimum Gasteiger partial charge on any atom is -0.427 e. The Balaban J connectivity index is 1.59. The molecule has 3 aromatic carbocycles. The van der Waals surface area contributed by atoms with Crippen molar-refractivity contribution < 1.29 is 49.0 Å². The Morgan fingerprint density at radius 1 is 0.789 bits per heavy atom. The molecule has 0 unspecified atom stereocenters. The summed E-state index contributed by atoms with van der Waals surface area (Å²) >= 11 is 0. The van der Waals surface area contributed by atoms with E-state index in [4.69, 9.17) is 0 Å². The van der Waals surface area contributed by atoms with Gasteiger partial charge >= 0.3 is 12.5 Å². The fourth-order valence-corrected chi connectivity index (χ4v) is 3.65. The van der Waals surface area contributed by atoms with Gasteiger partial charge in [0.25, 0.3) is 0 Å². The Hall–Kier alpha value is -4.03. The minimum absolute atomic E-state index is 0.0856. The second-order valence-electron chi connectivity index (χ2n) is 8.00. The number of fused-ring (bicyclic) bond motifs is 1. The molecule has 0 saturated heterocycles. The van der Waals surface area contributed by atoms with Crippen LogP contribution in [0.1, 0.15) is 24.7 Å². The molecule has 0 amide bonds. The van der Waals surface area contributed by atoms with Gasteiger partial charge in [-0.25, -0.2) is 27.5 Å². The molecular formula is C25H15F9N2O2. The molecule has 0 aliphatic rings. The van der Waals surface area contributed by atoms with Crippen LogP contribution in [0.3, 0.4) is 0 Å². The Morgan fingerprint density at radius 3 is 2.11 bits per heavy atom. The van der Waals surface area contributed by atoms with E-state index in [1.165, 1.54) is 12.1 Å². The van der Waals surface area contributed by atoms with Crippen molar-refractivity contribution in [1.82, 2.24) is 9.97 Å². The zero-order valence-electron chi connectivity index (χ0n) is 19.1. The second kappa shape index (κ2) is 10.0. The van der Waals surface area contributed by atoms with Crippen LogP contribution in [-0.2, 0) is 12.5 Å². The maximum Gasteiger partial charge on any atom is 0.573 e. The number of alkyl halides is 5. The summed E-state index contributed by atoms with van der Waals surface area (Å²) in [4.78, 5) is 6.94. The number of hydrogen-bond donors (Lipinski definition) is 0. The van der Waals surface area contributed by atoms with E-state index in [0.717, 1.165) is 30.6 Å². The van der Waals surface area contributed by atoms with Crippen LogP contribution in [0.5, 0.6) is 11.5 Å². The molecule has 1 heterocycles. The first-order chi connectivity index (χ1) is 17.8. The van der Waals surface area contributed by atoms with Crippen LogP contribution in [0.2, 0.25) is 0 Å². The van der Waals surface area contributed by atoms with Gasteiger partial charge in [-0.15, -0.1) is 13.2 Å². The number of nitrogens with zero attached hydrogens (tertiary/aromatic N) is 2. The average Bonchev–Trinajstić information content (AvgIpc) is 2.84. The SMILES string of the molecule is CCCc1ccc(-c2cnc(C(F)(F)Oc3ccc4c(F)c(OC(F)(F)F)c(F)cc4c3)nc2)c(F)c1F. The molecule has 0 fully saturated rings. The lowest BCUT2D eigenvalue weighted by atomic mass is 10.0. The summed E-state index contributed by atoms with van der Waals surface area (Å²) in [5.41, 5.74) is -0.173. The standard InChI is InChI=1S/C25H15F9N2O2/c1-2-3-12-4-6-17(20(28)19(12)27)14-10-35-23(36-11-14)24(30,31)37-15-5-7-16-13(8-15)9-18(26)22(21(16)29)38-25(32,33)34/h4-11H,2-3H2,1H3. The molecule has 4 aromatic rings. The quantitative estimate of drug-likeness (QED) is 0.222. The van der Waals surface area contributed by atoms with Crippen molar-refractivity contribution in [3.05, 3.63) is 83.4 Å². The van der Waals surface area contributed by atoms with Gasteiger partial charge in [0.1, 0.15) is 5.75 Å². The van der Waals surface area contributed by atoms with Crippen LogP contribution in [-0.4, -0.2) is 16.3 Å². The number of aryl methyl sites for hydroxylation is 1. The number of hydrogen-bond acceptors (Lipinski definition) is 4. The van der Waals surface area contributed by atoms with E-state index >= 15 is 0 Å². The van der Waals surface area contributed by atoms with Crippen LogP contribution in [0.25, 0.3) is 21.9 Å². The normalized spacial score (nSPS) is 12.2. The Morgan fingerprint density at radius 2 is 1.47 bits per heavy atom. The third-order valence-corrected chi connectivity index (χ3v) is 5.33. The highest BCUT2D eigenvalue weighted by Gasteiger charge is 2.39. The minimum atomic E-state index is -5.37. The highest BCUT2D eigenvalue weighted by molar-refractivity contribution is 5.86. The smallest absolute Gasteiger partial charge is 0.427 e. The highest BCUT2D eigenvalue weighted by Crippen LogP contribution is 2.37. The maximum atomic E-state index is 14.7. The third-order valence-electron chi connectivity index (χ3n) is 5.33. The number of rotatable bonds is 7. The van der Waals surface area contributed by atoms with Crippen LogP contribution in [0.4, 0.5) is 39.5 Å². The molecule has 0 aliphatic heterocycles. The summed E-state index contributed by atoms with van der Waals surface area (Å²) in [7, 11) is 0. The number of benzene rings is 3. The molecule has 4 nitrogen and oxygen atoms in total. The van der Waals surface area contributed by atoms with Gasteiger partial charge in [0.2, 0.25) is 11.6 Å². The molecule has 38 heavy (non-hydrogen) atoms. The predicted molar refractivity (Wildman–Crippen MR) is 116 cm³/mol. The van der Waals surface area contributed by atoms with Crippen molar-refractivity contribution in [3.63, 3.8) is 0 Å². The third kappa shape index (κ3) is 5.46. The van der Waals surface area contributed by atoms with E-state index in [-0.39, 0.29) is 16.7 Å². The largest absolute Gasteiger partial charge is 0.573 e. The molecule has 0 atom stereocenters. The van der Waals surface area contributed by atoms with Gasteiger partial charge in [-0.2, -0.15) is 8.78 Å². The van der Waals surface area contributed by atoms with Gasteiger partial charge in [-0.3, -0.25) is 0 Å². The molecule has 4 rings (SSSR count). The molecule has 0 aliphatic carbocycles. The van der Waals surface area contributed by atoms with E-state index in [0.29, 0.717) is 18.9 Å². The van der Waals surface area contributed by atoms with Crippen LogP contribution in [0.15, 0.2) is 48.8 Å². The molecule has 1 aromatic heterocycles. The zero-order valence-corrected chi connectivity index (χ0v) is 19.1. The molecule has 0 radical (unpaired) electrons. The summed E-state index contributed by atoms with van der Waals surface area (Å²) in [5.74, 6) is -9.16. The Kier molecular flexibility index (Phi) is 7.13. The van der Waals surface area contributed by atoms with E-state index < -0.39 is 63.8 Å². The average molecular weight is 546 g/mol. The van der Waals surface area contributed by atoms with Gasteiger partial charge < -0.3 is 9.47 Å². The molecule has 13 heteroatoms. The molecule has 0 bridgehead atoms. The van der Waals surface area contributed by atoms with E-state index in [2.05, 4.69) is 19.4 Å². The lowest BCUT2D eigenvalue weighted by Crippen LogP contribution is -2.25. The van der Waals surface area contributed by atoms with E-state index in [9.17, 15) is 39.5 Å². The van der Waals surface area contributed by atoms with Crippen molar-refractivity contribution in [2.24, 2.45) is 0 Å². The Bertz CT molecular complexity index is 1490. The lowest BCUT2D eigenvalue weighted by molar-refractivity contribution is -0.276. The van der Waals surface area contributed by atoms with E-state index in [1.54, 1.807) is 6.92 Å². The van der Waals surface area contributed by atoms with Crippen molar-refractivity contribution in [2.45, 2.75) is 32.2 Å². The molecule has 200 valence electrons. The number of ether oxygens (including phenoxy) is 2. The highest BCUT2D eigenvalue weighted by atomic mass is 19.4. The molecule has 0 spiro atoms. The van der Waals surface area contributed by atoms with Crippen LogP contribution >= 0.6 is 0 Å². The zero-order chi connectivity index (χ0) is 27.8. The van der Waals surface area contributed by atoms with Crippen LogP contribution in [0, 0.1) is 23.3 Å².